The predicted molar refractivity (Wildman–Crippen MR) is 101 cm³/mol. The van der Waals surface area contributed by atoms with Crippen LogP contribution in [-0.4, -0.2) is 0 Å². The molecule has 0 heterocycles. The third kappa shape index (κ3) is 2.53. The van der Waals surface area contributed by atoms with Gasteiger partial charge in [0.05, 0.1) is 0 Å². The quantitative estimate of drug-likeness (QED) is 0.519. The Balaban J connectivity index is 2.09. The highest BCUT2D eigenvalue weighted by Gasteiger charge is 2.59. The topological polar surface area (TPSA) is 0 Å². The summed E-state index contributed by atoms with van der Waals surface area (Å²) in [5, 5.41) is 0. The van der Waals surface area contributed by atoms with Crippen LogP contribution in [0.25, 0.3) is 0 Å². The van der Waals surface area contributed by atoms with Crippen molar-refractivity contribution in [1.82, 2.24) is 0 Å². The zero-order chi connectivity index (χ0) is 17.1. The van der Waals surface area contributed by atoms with Crippen molar-refractivity contribution in [3.63, 3.8) is 0 Å². The molecule has 0 aliphatic heterocycles. The minimum Gasteiger partial charge on any atom is -0.0651 e. The molecule has 0 amide bonds. The molecule has 0 aromatic rings. The summed E-state index contributed by atoms with van der Waals surface area (Å²) in [7, 11) is 0. The molecule has 3 fully saturated rings. The van der Waals surface area contributed by atoms with E-state index in [4.69, 9.17) is 0 Å². The van der Waals surface area contributed by atoms with Gasteiger partial charge in [0.1, 0.15) is 0 Å². The Morgan fingerprint density at radius 2 is 1.61 bits per heavy atom. The molecular weight excluding hydrogens is 276 g/mol. The molecule has 3 saturated carbocycles. The van der Waals surface area contributed by atoms with Crippen molar-refractivity contribution in [3.05, 3.63) is 0 Å². The van der Waals surface area contributed by atoms with Gasteiger partial charge in [0.15, 0.2) is 0 Å². The SMILES string of the molecule is CCC(C)C1C(C)C(C)C(C)C2(C)CC(C)C3CC(C)C1C2C3. The lowest BCUT2D eigenvalue weighted by Gasteiger charge is -2.59. The van der Waals surface area contributed by atoms with E-state index in [0.29, 0.717) is 5.41 Å². The Morgan fingerprint density at radius 3 is 2.22 bits per heavy atom. The van der Waals surface area contributed by atoms with Gasteiger partial charge in [0.25, 0.3) is 0 Å². The lowest BCUT2D eigenvalue weighted by Crippen LogP contribution is -2.51. The molecule has 3 aliphatic rings. The highest BCUT2D eigenvalue weighted by atomic mass is 14.6. The molecule has 0 heteroatoms. The molecule has 23 heavy (non-hydrogen) atoms. The van der Waals surface area contributed by atoms with Crippen molar-refractivity contribution in [3.8, 4) is 0 Å². The number of hydrogen-bond acceptors (Lipinski definition) is 0. The number of rotatable bonds is 2. The summed E-state index contributed by atoms with van der Waals surface area (Å²) in [6, 6.07) is 0. The maximum atomic E-state index is 2.70. The first-order valence-electron chi connectivity index (χ1n) is 10.7. The largest absolute Gasteiger partial charge is 0.0651 e. The first-order chi connectivity index (χ1) is 10.7. The normalized spacial score (nSPS) is 57.7. The van der Waals surface area contributed by atoms with Gasteiger partial charge in [-0.2, -0.15) is 0 Å². The average molecular weight is 319 g/mol. The van der Waals surface area contributed by atoms with E-state index < -0.39 is 0 Å². The van der Waals surface area contributed by atoms with Crippen molar-refractivity contribution in [1.29, 1.82) is 0 Å². The maximum absolute atomic E-state index is 2.70. The van der Waals surface area contributed by atoms with E-state index in [9.17, 15) is 0 Å². The average Bonchev–Trinajstić information content (AvgIpc) is 2.58. The lowest BCUT2D eigenvalue weighted by atomic mass is 9.46. The summed E-state index contributed by atoms with van der Waals surface area (Å²) < 4.78 is 0. The summed E-state index contributed by atoms with van der Waals surface area (Å²) in [5.74, 6) is 9.39. The van der Waals surface area contributed by atoms with Gasteiger partial charge in [0.2, 0.25) is 0 Å². The van der Waals surface area contributed by atoms with Gasteiger partial charge in [-0.25, -0.2) is 0 Å². The van der Waals surface area contributed by atoms with Crippen LogP contribution in [0.1, 0.15) is 81.1 Å². The Labute approximate surface area is 146 Å². The molecule has 0 aromatic carbocycles. The highest BCUT2D eigenvalue weighted by Crippen LogP contribution is 2.66. The van der Waals surface area contributed by atoms with Crippen molar-refractivity contribution >= 4 is 0 Å². The molecule has 11 unspecified atom stereocenters. The fourth-order valence-corrected chi connectivity index (χ4v) is 7.89. The number of hydrogen-bond donors (Lipinski definition) is 0. The second-order valence-corrected chi connectivity index (χ2v) is 10.5. The maximum Gasteiger partial charge on any atom is -0.0264 e. The Kier molecular flexibility index (Phi) is 4.70. The van der Waals surface area contributed by atoms with E-state index in [0.717, 1.165) is 59.2 Å². The van der Waals surface area contributed by atoms with E-state index in [2.05, 4.69) is 55.4 Å². The first kappa shape index (κ1) is 17.8. The van der Waals surface area contributed by atoms with Gasteiger partial charge < -0.3 is 0 Å². The molecule has 3 aliphatic carbocycles. The number of fused-ring (bicyclic) bond motifs is 1. The van der Waals surface area contributed by atoms with Crippen LogP contribution in [0.3, 0.4) is 0 Å². The van der Waals surface area contributed by atoms with Gasteiger partial charge >= 0.3 is 0 Å². The Bertz CT molecular complexity index is 426. The van der Waals surface area contributed by atoms with Crippen molar-refractivity contribution in [2.24, 2.45) is 64.6 Å². The van der Waals surface area contributed by atoms with Crippen LogP contribution in [0.5, 0.6) is 0 Å². The molecule has 0 N–H and O–H groups in total. The fourth-order valence-electron chi connectivity index (χ4n) is 7.89. The summed E-state index contributed by atoms with van der Waals surface area (Å²) in [6.45, 7) is 20.7. The van der Waals surface area contributed by atoms with Crippen molar-refractivity contribution in [2.75, 3.05) is 0 Å². The molecule has 0 radical (unpaired) electrons. The zero-order valence-corrected chi connectivity index (χ0v) is 17.1. The van der Waals surface area contributed by atoms with Crippen LogP contribution in [0, 0.1) is 64.6 Å². The van der Waals surface area contributed by atoms with E-state index >= 15 is 0 Å². The van der Waals surface area contributed by atoms with Crippen LogP contribution in [0.2, 0.25) is 0 Å². The first-order valence-corrected chi connectivity index (χ1v) is 10.7. The van der Waals surface area contributed by atoms with Crippen molar-refractivity contribution < 1.29 is 0 Å². The van der Waals surface area contributed by atoms with Gasteiger partial charge in [-0.05, 0) is 83.9 Å². The summed E-state index contributed by atoms with van der Waals surface area (Å²) in [4.78, 5) is 0. The second kappa shape index (κ2) is 6.06. The minimum atomic E-state index is 0.588. The molecule has 2 bridgehead atoms. The van der Waals surface area contributed by atoms with Gasteiger partial charge in [-0.15, -0.1) is 0 Å². The Hall–Kier alpha value is 0. The molecule has 134 valence electrons. The van der Waals surface area contributed by atoms with Gasteiger partial charge in [-0.1, -0.05) is 61.8 Å². The highest BCUT2D eigenvalue weighted by molar-refractivity contribution is 5.07. The smallest absolute Gasteiger partial charge is 0.0264 e. The lowest BCUT2D eigenvalue weighted by molar-refractivity contribution is -0.0979. The summed E-state index contributed by atoms with van der Waals surface area (Å²) >= 11 is 0. The zero-order valence-electron chi connectivity index (χ0n) is 17.1. The molecule has 3 rings (SSSR count). The summed E-state index contributed by atoms with van der Waals surface area (Å²) in [6.07, 6.45) is 5.92. The molecule has 0 spiro atoms. The van der Waals surface area contributed by atoms with Crippen LogP contribution in [-0.2, 0) is 0 Å². The molecule has 0 saturated heterocycles. The molecule has 0 aromatic heterocycles. The Morgan fingerprint density at radius 1 is 0.957 bits per heavy atom. The monoisotopic (exact) mass is 318 g/mol. The third-order valence-electron chi connectivity index (χ3n) is 9.78. The van der Waals surface area contributed by atoms with Crippen LogP contribution in [0.4, 0.5) is 0 Å². The van der Waals surface area contributed by atoms with Crippen LogP contribution >= 0.6 is 0 Å². The molecule has 11 atom stereocenters. The minimum absolute atomic E-state index is 0.588. The van der Waals surface area contributed by atoms with E-state index in [1.807, 2.05) is 0 Å². The molecular formula is C23H42. The van der Waals surface area contributed by atoms with E-state index in [-0.39, 0.29) is 0 Å². The van der Waals surface area contributed by atoms with Crippen LogP contribution < -0.4 is 0 Å². The standard InChI is InChI=1S/C23H42/c1-9-13(2)21-17(6)16(5)18(7)23(8)12-15(4)19-10-14(3)22(21)20(23)11-19/h13-22H,9-12H2,1-8H3. The van der Waals surface area contributed by atoms with Crippen molar-refractivity contribution in [2.45, 2.75) is 81.1 Å². The second-order valence-electron chi connectivity index (χ2n) is 10.5. The molecule has 0 nitrogen and oxygen atoms in total. The summed E-state index contributed by atoms with van der Waals surface area (Å²) in [5.41, 5.74) is 0.588. The fraction of sp³-hybridized carbons (Fsp3) is 1.00. The van der Waals surface area contributed by atoms with Gasteiger partial charge in [0, 0.05) is 0 Å². The van der Waals surface area contributed by atoms with Crippen LogP contribution in [0.15, 0.2) is 0 Å². The third-order valence-corrected chi connectivity index (χ3v) is 9.78. The van der Waals surface area contributed by atoms with E-state index in [1.54, 1.807) is 6.42 Å². The van der Waals surface area contributed by atoms with Gasteiger partial charge in [-0.3, -0.25) is 0 Å². The van der Waals surface area contributed by atoms with E-state index in [1.165, 1.54) is 19.3 Å². The predicted octanol–water partition coefficient (Wildman–Crippen LogP) is 6.90.